The first-order valence-corrected chi connectivity index (χ1v) is 11.2. The predicted molar refractivity (Wildman–Crippen MR) is 125 cm³/mol. The van der Waals surface area contributed by atoms with Crippen molar-refractivity contribution in [3.8, 4) is 11.5 Å². The van der Waals surface area contributed by atoms with Crippen LogP contribution in [0, 0.1) is 26.7 Å². The number of fused-ring (bicyclic) bond motifs is 1. The lowest BCUT2D eigenvalue weighted by molar-refractivity contribution is -0.120. The van der Waals surface area contributed by atoms with Gasteiger partial charge < -0.3 is 19.7 Å². The zero-order chi connectivity index (χ0) is 22.1. The van der Waals surface area contributed by atoms with E-state index in [2.05, 4.69) is 34.0 Å². The van der Waals surface area contributed by atoms with Crippen LogP contribution in [0.25, 0.3) is 10.2 Å². The molecule has 1 aliphatic rings. The maximum Gasteiger partial charge on any atom is 0.227 e. The number of anilines is 2. The number of piperidine rings is 1. The van der Waals surface area contributed by atoms with Crippen molar-refractivity contribution in [2.75, 3.05) is 37.5 Å². The van der Waals surface area contributed by atoms with Gasteiger partial charge in [0, 0.05) is 35.6 Å². The number of benzene rings is 1. The fourth-order valence-electron chi connectivity index (χ4n) is 4.11. The van der Waals surface area contributed by atoms with Gasteiger partial charge in [0.05, 0.1) is 19.6 Å². The molecule has 7 nitrogen and oxygen atoms in total. The number of rotatable bonds is 5. The standard InChI is InChI=1S/C23H28N4O3S/c1-13-10-18(29-4)19(30-5)11-17(13)26-22(28)16-6-8-27(9-7-16)21-20-14(2)15(3)31-23(20)25-12-24-21/h10-12,16H,6-9H2,1-5H3,(H,26,28). The van der Waals surface area contributed by atoms with E-state index < -0.39 is 0 Å². The zero-order valence-corrected chi connectivity index (χ0v) is 19.4. The highest BCUT2D eigenvalue weighted by molar-refractivity contribution is 7.18. The highest BCUT2D eigenvalue weighted by atomic mass is 32.1. The molecule has 0 unspecified atom stereocenters. The Bertz CT molecular complexity index is 1120. The van der Waals surface area contributed by atoms with Crippen molar-refractivity contribution in [1.82, 2.24) is 9.97 Å². The number of methoxy groups -OCH3 is 2. The summed E-state index contributed by atoms with van der Waals surface area (Å²) in [6, 6.07) is 3.70. The Morgan fingerprint density at radius 3 is 2.45 bits per heavy atom. The van der Waals surface area contributed by atoms with Gasteiger partial charge in [-0.1, -0.05) is 0 Å². The number of nitrogens with zero attached hydrogens (tertiary/aromatic N) is 3. The molecule has 1 N–H and O–H groups in total. The number of carbonyl (C=O) groups is 1. The van der Waals surface area contributed by atoms with Crippen LogP contribution in [0.4, 0.5) is 11.5 Å². The molecule has 1 fully saturated rings. The van der Waals surface area contributed by atoms with E-state index in [1.165, 1.54) is 10.4 Å². The SMILES string of the molecule is COc1cc(C)c(NC(=O)C2CCN(c3ncnc4sc(C)c(C)c34)CC2)cc1OC. The molecule has 3 aromatic rings. The molecule has 8 heteroatoms. The number of nitrogens with one attached hydrogen (secondary N) is 1. The molecule has 4 rings (SSSR count). The van der Waals surface area contributed by atoms with Crippen molar-refractivity contribution in [1.29, 1.82) is 0 Å². The molecule has 1 aliphatic heterocycles. The number of hydrogen-bond acceptors (Lipinski definition) is 7. The summed E-state index contributed by atoms with van der Waals surface area (Å²) < 4.78 is 10.7. The minimum absolute atomic E-state index is 0.0358. The predicted octanol–water partition coefficient (Wildman–Crippen LogP) is 4.49. The van der Waals surface area contributed by atoms with Crippen LogP contribution < -0.4 is 19.7 Å². The molecule has 0 atom stereocenters. The van der Waals surface area contributed by atoms with Gasteiger partial charge in [0.1, 0.15) is 17.0 Å². The quantitative estimate of drug-likeness (QED) is 0.630. The molecule has 3 heterocycles. The average Bonchev–Trinajstić information content (AvgIpc) is 3.08. The third kappa shape index (κ3) is 4.04. The molecule has 0 saturated carbocycles. The van der Waals surface area contributed by atoms with E-state index in [1.807, 2.05) is 19.1 Å². The molecule has 1 amide bonds. The average molecular weight is 441 g/mol. The molecule has 0 radical (unpaired) electrons. The van der Waals surface area contributed by atoms with Crippen LogP contribution in [0.2, 0.25) is 0 Å². The largest absolute Gasteiger partial charge is 0.493 e. The second kappa shape index (κ2) is 8.70. The van der Waals surface area contributed by atoms with E-state index in [-0.39, 0.29) is 11.8 Å². The molecular weight excluding hydrogens is 412 g/mol. The molecule has 1 aromatic carbocycles. The smallest absolute Gasteiger partial charge is 0.227 e. The summed E-state index contributed by atoms with van der Waals surface area (Å²) in [7, 11) is 3.20. The Morgan fingerprint density at radius 2 is 1.77 bits per heavy atom. The second-order valence-corrected chi connectivity index (χ2v) is 9.14. The van der Waals surface area contributed by atoms with Crippen molar-refractivity contribution < 1.29 is 14.3 Å². The number of aryl methyl sites for hydroxylation is 3. The Morgan fingerprint density at radius 1 is 1.10 bits per heavy atom. The van der Waals surface area contributed by atoms with Gasteiger partial charge in [-0.25, -0.2) is 9.97 Å². The van der Waals surface area contributed by atoms with Gasteiger partial charge in [0.25, 0.3) is 0 Å². The highest BCUT2D eigenvalue weighted by Gasteiger charge is 2.28. The Hall–Kier alpha value is -2.87. The lowest BCUT2D eigenvalue weighted by Gasteiger charge is -2.32. The monoisotopic (exact) mass is 440 g/mol. The summed E-state index contributed by atoms with van der Waals surface area (Å²) in [5.41, 5.74) is 2.95. The Kier molecular flexibility index (Phi) is 6.00. The van der Waals surface area contributed by atoms with E-state index >= 15 is 0 Å². The van der Waals surface area contributed by atoms with Gasteiger partial charge in [-0.2, -0.15) is 0 Å². The summed E-state index contributed by atoms with van der Waals surface area (Å²) in [4.78, 5) is 26.6. The molecule has 0 bridgehead atoms. The van der Waals surface area contributed by atoms with Crippen LogP contribution in [-0.2, 0) is 4.79 Å². The van der Waals surface area contributed by atoms with Crippen LogP contribution >= 0.6 is 11.3 Å². The maximum atomic E-state index is 13.0. The third-order valence-corrected chi connectivity index (χ3v) is 7.21. The first-order chi connectivity index (χ1) is 14.9. The van der Waals surface area contributed by atoms with E-state index in [4.69, 9.17) is 9.47 Å². The molecule has 0 spiro atoms. The van der Waals surface area contributed by atoms with Crippen LogP contribution in [0.3, 0.4) is 0 Å². The molecule has 2 aromatic heterocycles. The lowest BCUT2D eigenvalue weighted by atomic mass is 9.95. The summed E-state index contributed by atoms with van der Waals surface area (Å²) in [5, 5.41) is 4.23. The van der Waals surface area contributed by atoms with Crippen molar-refractivity contribution in [3.63, 3.8) is 0 Å². The number of ether oxygens (including phenoxy) is 2. The minimum atomic E-state index is -0.0358. The maximum absolute atomic E-state index is 13.0. The summed E-state index contributed by atoms with van der Waals surface area (Å²) >= 11 is 1.71. The third-order valence-electron chi connectivity index (χ3n) is 6.10. The minimum Gasteiger partial charge on any atom is -0.493 e. The highest BCUT2D eigenvalue weighted by Crippen LogP contribution is 2.36. The summed E-state index contributed by atoms with van der Waals surface area (Å²) in [5.74, 6) is 2.26. The number of carbonyl (C=O) groups excluding carboxylic acids is 1. The molecule has 1 saturated heterocycles. The van der Waals surface area contributed by atoms with Crippen LogP contribution in [0.1, 0.15) is 28.8 Å². The normalized spacial score (nSPS) is 14.7. The van der Waals surface area contributed by atoms with Crippen LogP contribution in [-0.4, -0.2) is 43.2 Å². The molecule has 31 heavy (non-hydrogen) atoms. The van der Waals surface area contributed by atoms with Crippen molar-refractivity contribution in [2.24, 2.45) is 5.92 Å². The molecule has 0 aliphatic carbocycles. The summed E-state index contributed by atoms with van der Waals surface area (Å²) in [6.07, 6.45) is 3.21. The number of hydrogen-bond donors (Lipinski definition) is 1. The van der Waals surface area contributed by atoms with Gasteiger partial charge in [-0.05, 0) is 50.8 Å². The topological polar surface area (TPSA) is 76.6 Å². The summed E-state index contributed by atoms with van der Waals surface area (Å²) in [6.45, 7) is 7.80. The Labute approximate surface area is 186 Å². The fourth-order valence-corrected chi connectivity index (χ4v) is 5.10. The lowest BCUT2D eigenvalue weighted by Crippen LogP contribution is -2.38. The van der Waals surface area contributed by atoms with E-state index in [0.29, 0.717) is 11.5 Å². The van der Waals surface area contributed by atoms with Crippen molar-refractivity contribution in [2.45, 2.75) is 33.6 Å². The van der Waals surface area contributed by atoms with Crippen molar-refractivity contribution in [3.05, 3.63) is 34.5 Å². The van der Waals surface area contributed by atoms with Gasteiger partial charge in [0.2, 0.25) is 5.91 Å². The van der Waals surface area contributed by atoms with Gasteiger partial charge in [0.15, 0.2) is 11.5 Å². The van der Waals surface area contributed by atoms with Crippen LogP contribution in [0.5, 0.6) is 11.5 Å². The number of thiophene rings is 1. The molecular formula is C23H28N4O3S. The fraction of sp³-hybridized carbons (Fsp3) is 0.435. The van der Waals surface area contributed by atoms with Gasteiger partial charge in [-0.15, -0.1) is 11.3 Å². The van der Waals surface area contributed by atoms with Gasteiger partial charge in [-0.3, -0.25) is 4.79 Å². The number of amides is 1. The van der Waals surface area contributed by atoms with E-state index in [0.717, 1.165) is 53.2 Å². The van der Waals surface area contributed by atoms with Gasteiger partial charge >= 0.3 is 0 Å². The van der Waals surface area contributed by atoms with Crippen molar-refractivity contribution >= 4 is 39.0 Å². The number of aromatic nitrogens is 2. The Balaban J connectivity index is 1.46. The van der Waals surface area contributed by atoms with Crippen LogP contribution in [0.15, 0.2) is 18.5 Å². The zero-order valence-electron chi connectivity index (χ0n) is 18.6. The first kappa shape index (κ1) is 21.4. The first-order valence-electron chi connectivity index (χ1n) is 10.4. The van der Waals surface area contributed by atoms with E-state index in [9.17, 15) is 4.79 Å². The van der Waals surface area contributed by atoms with E-state index in [1.54, 1.807) is 31.9 Å². The molecule has 164 valence electrons. The second-order valence-electron chi connectivity index (χ2n) is 7.93.